The summed E-state index contributed by atoms with van der Waals surface area (Å²) in [4.78, 5) is 29.2. The molecular formula is C31H41ClN2O3. The zero-order valence-corrected chi connectivity index (χ0v) is 23.4. The van der Waals surface area contributed by atoms with E-state index >= 15 is 0 Å². The predicted molar refractivity (Wildman–Crippen MR) is 147 cm³/mol. The number of nitrogens with one attached hydrogen (secondary N) is 1. The van der Waals surface area contributed by atoms with Crippen molar-refractivity contribution in [2.45, 2.75) is 84.8 Å². The quantitative estimate of drug-likeness (QED) is 0.268. The molecule has 1 N–H and O–H groups in total. The van der Waals surface area contributed by atoms with Crippen LogP contribution in [0.5, 0.6) is 0 Å². The molecule has 0 spiro atoms. The highest BCUT2D eigenvalue weighted by atomic mass is 35.5. The third-order valence-corrected chi connectivity index (χ3v) is 10.5. The van der Waals surface area contributed by atoms with Crippen LogP contribution in [0.15, 0.2) is 42.3 Å². The van der Waals surface area contributed by atoms with Crippen LogP contribution in [0.1, 0.15) is 78.2 Å². The Morgan fingerprint density at radius 1 is 1.14 bits per heavy atom. The smallest absolute Gasteiger partial charge is 0.329 e. The lowest BCUT2D eigenvalue weighted by atomic mass is 9.47. The number of amides is 1. The van der Waals surface area contributed by atoms with Gasteiger partial charge in [0.25, 0.3) is 0 Å². The minimum atomic E-state index is -0.663. The van der Waals surface area contributed by atoms with Crippen molar-refractivity contribution in [1.82, 2.24) is 10.3 Å². The number of nitrogens with zero attached hydrogens (tertiary/aromatic N) is 1. The van der Waals surface area contributed by atoms with E-state index in [1.165, 1.54) is 29.6 Å². The molecule has 0 saturated heterocycles. The molecule has 4 aliphatic rings. The van der Waals surface area contributed by atoms with E-state index in [9.17, 15) is 9.59 Å². The minimum absolute atomic E-state index is 0.0590. The SMILES string of the molecule is CC(C)[C@H](NC(=O)CCl)C(=O)O[C@H]1CC[C@@]2(C)C(=CC[C@@H]3C2CC[C@]2(C)C(c4cccnc4)=CC[C@@H]32)C1. The molecule has 0 aromatic carbocycles. The standard InChI is InChI=1S/C31H41ClN2O3/c1-19(2)28(34-27(35)17-32)29(36)37-22-11-13-30(3)21(16-22)7-8-23-25-10-9-24(20-6-5-15-33-18-20)31(25,4)14-12-26(23)30/h5-7,9,15,18-19,22-23,25-26,28H,8,10-14,16-17H2,1-4H3,(H,34,35)/t22-,23-,25-,26?,28-,30-,31+/m0/s1. The molecule has 0 radical (unpaired) electrons. The van der Waals surface area contributed by atoms with Gasteiger partial charge in [-0.2, -0.15) is 0 Å². The van der Waals surface area contributed by atoms with E-state index in [4.69, 9.17) is 16.3 Å². The maximum atomic E-state index is 13.0. The number of aromatic nitrogens is 1. The highest BCUT2D eigenvalue weighted by molar-refractivity contribution is 6.27. The average Bonchev–Trinajstić information content (AvgIpc) is 3.24. The molecule has 7 atom stereocenters. The summed E-state index contributed by atoms with van der Waals surface area (Å²) in [5.74, 6) is 1.13. The molecule has 2 fully saturated rings. The zero-order chi connectivity index (χ0) is 26.4. The van der Waals surface area contributed by atoms with Crippen molar-refractivity contribution in [3.05, 3.63) is 47.8 Å². The number of carbonyl (C=O) groups excluding carboxylic acids is 2. The van der Waals surface area contributed by atoms with Crippen LogP contribution in [0.3, 0.4) is 0 Å². The summed E-state index contributed by atoms with van der Waals surface area (Å²) in [7, 11) is 0. The van der Waals surface area contributed by atoms with Gasteiger partial charge in [-0.15, -0.1) is 11.6 Å². The number of halogens is 1. The molecule has 6 heteroatoms. The summed E-state index contributed by atoms with van der Waals surface area (Å²) in [6, 6.07) is 3.60. The van der Waals surface area contributed by atoms with Crippen LogP contribution < -0.4 is 5.32 Å². The number of allylic oxidation sites excluding steroid dienone is 3. The van der Waals surface area contributed by atoms with Crippen LogP contribution in [-0.2, 0) is 14.3 Å². The Bertz CT molecular complexity index is 1100. The normalized spacial score (nSPS) is 35.4. The molecule has 200 valence electrons. The fraction of sp³-hybridized carbons (Fsp3) is 0.645. The van der Waals surface area contributed by atoms with Crippen molar-refractivity contribution in [3.63, 3.8) is 0 Å². The first kappa shape index (κ1) is 26.5. The lowest BCUT2D eigenvalue weighted by molar-refractivity contribution is -0.156. The third kappa shape index (κ3) is 4.66. The van der Waals surface area contributed by atoms with Gasteiger partial charge in [0.05, 0.1) is 0 Å². The summed E-state index contributed by atoms with van der Waals surface area (Å²) in [6.07, 6.45) is 16.2. The fourth-order valence-electron chi connectivity index (χ4n) is 8.21. The highest BCUT2D eigenvalue weighted by Crippen LogP contribution is 2.66. The first-order valence-corrected chi connectivity index (χ1v) is 14.6. The second-order valence-corrected chi connectivity index (χ2v) is 12.8. The molecule has 2 saturated carbocycles. The van der Waals surface area contributed by atoms with E-state index < -0.39 is 6.04 Å². The predicted octanol–water partition coefficient (Wildman–Crippen LogP) is 6.33. The van der Waals surface area contributed by atoms with E-state index in [1.807, 2.05) is 26.2 Å². The fourth-order valence-corrected chi connectivity index (χ4v) is 8.29. The Kier molecular flexibility index (Phi) is 7.30. The van der Waals surface area contributed by atoms with Gasteiger partial charge in [-0.05, 0) is 90.2 Å². The second-order valence-electron chi connectivity index (χ2n) is 12.5. The first-order chi connectivity index (χ1) is 17.7. The van der Waals surface area contributed by atoms with Gasteiger partial charge in [-0.25, -0.2) is 4.79 Å². The van der Waals surface area contributed by atoms with Gasteiger partial charge in [0.2, 0.25) is 5.91 Å². The topological polar surface area (TPSA) is 68.3 Å². The molecule has 0 bridgehead atoms. The zero-order valence-electron chi connectivity index (χ0n) is 22.6. The Balaban J connectivity index is 1.29. The van der Waals surface area contributed by atoms with E-state index in [0.29, 0.717) is 17.8 Å². The molecule has 1 heterocycles. The minimum Gasteiger partial charge on any atom is -0.461 e. The Morgan fingerprint density at radius 3 is 2.62 bits per heavy atom. The highest BCUT2D eigenvalue weighted by Gasteiger charge is 2.57. The van der Waals surface area contributed by atoms with Crippen LogP contribution in [0, 0.1) is 34.5 Å². The van der Waals surface area contributed by atoms with Crippen LogP contribution in [-0.4, -0.2) is 34.9 Å². The summed E-state index contributed by atoms with van der Waals surface area (Å²) < 4.78 is 5.99. The van der Waals surface area contributed by atoms with Gasteiger partial charge in [-0.3, -0.25) is 9.78 Å². The van der Waals surface area contributed by atoms with Gasteiger partial charge < -0.3 is 10.1 Å². The number of carbonyl (C=O) groups is 2. The number of fused-ring (bicyclic) bond motifs is 5. The molecular weight excluding hydrogens is 484 g/mol. The van der Waals surface area contributed by atoms with Crippen LogP contribution in [0.2, 0.25) is 0 Å². The van der Waals surface area contributed by atoms with E-state index in [0.717, 1.165) is 32.1 Å². The van der Waals surface area contributed by atoms with Gasteiger partial charge >= 0.3 is 5.97 Å². The number of ether oxygens (including phenoxy) is 1. The summed E-state index contributed by atoms with van der Waals surface area (Å²) in [5, 5.41) is 2.73. The van der Waals surface area contributed by atoms with Crippen molar-refractivity contribution < 1.29 is 14.3 Å². The molecule has 1 aromatic rings. The number of alkyl halides is 1. The molecule has 1 unspecified atom stereocenters. The molecule has 1 aromatic heterocycles. The number of pyridine rings is 1. The second kappa shape index (κ2) is 10.2. The molecule has 4 aliphatic carbocycles. The maximum Gasteiger partial charge on any atom is 0.329 e. The van der Waals surface area contributed by atoms with Crippen molar-refractivity contribution in [2.24, 2.45) is 34.5 Å². The number of rotatable bonds is 6. The average molecular weight is 525 g/mol. The van der Waals surface area contributed by atoms with E-state index in [1.54, 1.807) is 0 Å². The summed E-state index contributed by atoms with van der Waals surface area (Å²) in [5.41, 5.74) is 4.66. The van der Waals surface area contributed by atoms with Gasteiger partial charge in [0, 0.05) is 18.8 Å². The monoisotopic (exact) mass is 524 g/mol. The first-order valence-electron chi connectivity index (χ1n) is 14.0. The van der Waals surface area contributed by atoms with E-state index in [-0.39, 0.29) is 40.6 Å². The van der Waals surface area contributed by atoms with Crippen LogP contribution >= 0.6 is 11.6 Å². The van der Waals surface area contributed by atoms with Gasteiger partial charge in [0.15, 0.2) is 0 Å². The van der Waals surface area contributed by atoms with Gasteiger partial charge in [-0.1, -0.05) is 51.5 Å². The number of hydrogen-bond acceptors (Lipinski definition) is 4. The van der Waals surface area contributed by atoms with E-state index in [2.05, 4.69) is 48.4 Å². The lowest BCUT2D eigenvalue weighted by Gasteiger charge is -2.58. The molecule has 5 rings (SSSR count). The molecule has 5 nitrogen and oxygen atoms in total. The lowest BCUT2D eigenvalue weighted by Crippen LogP contribution is -2.51. The van der Waals surface area contributed by atoms with Crippen molar-refractivity contribution in [3.8, 4) is 0 Å². The Hall–Kier alpha value is -2.14. The summed E-state index contributed by atoms with van der Waals surface area (Å²) in [6.45, 7) is 8.79. The van der Waals surface area contributed by atoms with Gasteiger partial charge in [0.1, 0.15) is 18.0 Å². The maximum absolute atomic E-state index is 13.0. The number of hydrogen-bond donors (Lipinski definition) is 1. The largest absolute Gasteiger partial charge is 0.461 e. The Labute approximate surface area is 226 Å². The van der Waals surface area contributed by atoms with Crippen LogP contribution in [0.25, 0.3) is 5.57 Å². The Morgan fingerprint density at radius 2 is 1.92 bits per heavy atom. The van der Waals surface area contributed by atoms with Crippen molar-refractivity contribution in [1.29, 1.82) is 0 Å². The molecule has 37 heavy (non-hydrogen) atoms. The van der Waals surface area contributed by atoms with Crippen molar-refractivity contribution >= 4 is 29.1 Å². The third-order valence-electron chi connectivity index (χ3n) is 10.3. The molecule has 0 aliphatic heterocycles. The number of esters is 1. The van der Waals surface area contributed by atoms with Crippen molar-refractivity contribution in [2.75, 3.05) is 5.88 Å². The summed E-state index contributed by atoms with van der Waals surface area (Å²) >= 11 is 5.65. The molecule has 1 amide bonds. The van der Waals surface area contributed by atoms with Crippen LogP contribution in [0.4, 0.5) is 0 Å².